The standard InChI is InChI=1S/C11H16N2O3/c1-7-5-11(13-16-7)12-9-3-4-15-10(6-9)8(2)14/h5,9-10H,3-4,6H2,1-2H3,(H,12,13). The van der Waals surface area contributed by atoms with Crippen LogP contribution in [0.4, 0.5) is 5.82 Å². The fourth-order valence-corrected chi connectivity index (χ4v) is 1.85. The molecule has 0 spiro atoms. The van der Waals surface area contributed by atoms with Gasteiger partial charge in [-0.25, -0.2) is 0 Å². The smallest absolute Gasteiger partial charge is 0.169 e. The van der Waals surface area contributed by atoms with Crippen LogP contribution in [0.25, 0.3) is 0 Å². The minimum atomic E-state index is -0.278. The lowest BCUT2D eigenvalue weighted by Crippen LogP contribution is -2.37. The SMILES string of the molecule is CC(=O)C1CC(Nc2cc(C)on2)CCO1. The molecule has 1 fully saturated rings. The molecule has 0 bridgehead atoms. The molecule has 0 radical (unpaired) electrons. The minimum Gasteiger partial charge on any atom is -0.370 e. The van der Waals surface area contributed by atoms with Gasteiger partial charge >= 0.3 is 0 Å². The average Bonchev–Trinajstić information content (AvgIpc) is 2.64. The summed E-state index contributed by atoms with van der Waals surface area (Å²) in [5.41, 5.74) is 0. The lowest BCUT2D eigenvalue weighted by Gasteiger charge is -2.28. The molecule has 5 heteroatoms. The van der Waals surface area contributed by atoms with Crippen molar-refractivity contribution in [1.82, 2.24) is 5.16 Å². The van der Waals surface area contributed by atoms with Crippen molar-refractivity contribution >= 4 is 11.6 Å². The number of ketones is 1. The lowest BCUT2D eigenvalue weighted by atomic mass is 10.0. The summed E-state index contributed by atoms with van der Waals surface area (Å²) < 4.78 is 10.3. The highest BCUT2D eigenvalue weighted by Crippen LogP contribution is 2.19. The highest BCUT2D eigenvalue weighted by molar-refractivity contribution is 5.80. The Morgan fingerprint density at radius 1 is 1.62 bits per heavy atom. The van der Waals surface area contributed by atoms with Crippen LogP contribution in [-0.4, -0.2) is 29.7 Å². The zero-order valence-electron chi connectivity index (χ0n) is 9.53. The molecular weight excluding hydrogens is 208 g/mol. The number of carbonyl (C=O) groups is 1. The molecule has 1 N–H and O–H groups in total. The minimum absolute atomic E-state index is 0.0860. The first-order chi connectivity index (χ1) is 7.65. The Morgan fingerprint density at radius 3 is 3.06 bits per heavy atom. The zero-order valence-corrected chi connectivity index (χ0v) is 9.53. The predicted octanol–water partition coefficient (Wildman–Crippen LogP) is 1.53. The van der Waals surface area contributed by atoms with Gasteiger partial charge in [0.1, 0.15) is 11.9 Å². The van der Waals surface area contributed by atoms with Crippen molar-refractivity contribution in [3.05, 3.63) is 11.8 Å². The Labute approximate surface area is 94.1 Å². The third-order valence-electron chi connectivity index (χ3n) is 2.72. The maximum absolute atomic E-state index is 11.2. The van der Waals surface area contributed by atoms with E-state index in [9.17, 15) is 4.79 Å². The second-order valence-corrected chi connectivity index (χ2v) is 4.16. The number of hydrogen-bond acceptors (Lipinski definition) is 5. The molecule has 16 heavy (non-hydrogen) atoms. The van der Waals surface area contributed by atoms with Crippen molar-refractivity contribution in [2.75, 3.05) is 11.9 Å². The van der Waals surface area contributed by atoms with E-state index in [2.05, 4.69) is 10.5 Å². The number of ether oxygens (including phenoxy) is 1. The monoisotopic (exact) mass is 224 g/mol. The number of hydrogen-bond donors (Lipinski definition) is 1. The first-order valence-corrected chi connectivity index (χ1v) is 5.47. The van der Waals surface area contributed by atoms with Crippen LogP contribution < -0.4 is 5.32 Å². The van der Waals surface area contributed by atoms with Crippen LogP contribution in [0.5, 0.6) is 0 Å². The van der Waals surface area contributed by atoms with Crippen molar-refractivity contribution in [1.29, 1.82) is 0 Å². The van der Waals surface area contributed by atoms with Gasteiger partial charge < -0.3 is 14.6 Å². The number of carbonyl (C=O) groups excluding carboxylic acids is 1. The van der Waals surface area contributed by atoms with Gasteiger partial charge in [-0.05, 0) is 20.3 Å². The maximum atomic E-state index is 11.2. The first kappa shape index (κ1) is 11.1. The molecule has 1 aliphatic heterocycles. The molecule has 1 saturated heterocycles. The first-order valence-electron chi connectivity index (χ1n) is 5.47. The zero-order chi connectivity index (χ0) is 11.5. The van der Waals surface area contributed by atoms with Gasteiger partial charge in [-0.1, -0.05) is 5.16 Å². The number of nitrogens with zero attached hydrogens (tertiary/aromatic N) is 1. The van der Waals surface area contributed by atoms with Crippen molar-refractivity contribution in [3.63, 3.8) is 0 Å². The second-order valence-electron chi connectivity index (χ2n) is 4.16. The fourth-order valence-electron chi connectivity index (χ4n) is 1.85. The Morgan fingerprint density at radius 2 is 2.44 bits per heavy atom. The third-order valence-corrected chi connectivity index (χ3v) is 2.72. The van der Waals surface area contributed by atoms with Gasteiger partial charge in [-0.3, -0.25) is 4.79 Å². The summed E-state index contributed by atoms with van der Waals surface area (Å²) in [7, 11) is 0. The quantitative estimate of drug-likeness (QED) is 0.843. The predicted molar refractivity (Wildman–Crippen MR) is 58.3 cm³/mol. The van der Waals surface area contributed by atoms with Crippen molar-refractivity contribution < 1.29 is 14.1 Å². The molecule has 0 amide bonds. The Balaban J connectivity index is 1.92. The van der Waals surface area contributed by atoms with E-state index in [0.29, 0.717) is 13.0 Å². The number of nitrogens with one attached hydrogen (secondary N) is 1. The van der Waals surface area contributed by atoms with Gasteiger partial charge in [0.2, 0.25) is 0 Å². The number of Topliss-reactive ketones (excluding diaryl/α,β-unsaturated/α-hetero) is 1. The molecule has 88 valence electrons. The third kappa shape index (κ3) is 2.61. The van der Waals surface area contributed by atoms with Gasteiger partial charge in [0.05, 0.1) is 0 Å². The van der Waals surface area contributed by atoms with Gasteiger partial charge in [-0.2, -0.15) is 0 Å². The summed E-state index contributed by atoms with van der Waals surface area (Å²) in [6, 6.07) is 2.07. The molecule has 1 aromatic rings. The van der Waals surface area contributed by atoms with Crippen LogP contribution in [0, 0.1) is 6.92 Å². The van der Waals surface area contributed by atoms with Crippen LogP contribution in [-0.2, 0) is 9.53 Å². The largest absolute Gasteiger partial charge is 0.370 e. The van der Waals surface area contributed by atoms with Gasteiger partial charge in [0.15, 0.2) is 11.6 Å². The van der Waals surface area contributed by atoms with Crippen LogP contribution in [0.15, 0.2) is 10.6 Å². The molecule has 2 heterocycles. The van der Waals surface area contributed by atoms with E-state index in [0.717, 1.165) is 18.0 Å². The maximum Gasteiger partial charge on any atom is 0.169 e. The lowest BCUT2D eigenvalue weighted by molar-refractivity contribution is -0.131. The van der Waals surface area contributed by atoms with Crippen LogP contribution in [0.2, 0.25) is 0 Å². The molecule has 1 aromatic heterocycles. The summed E-state index contributed by atoms with van der Waals surface area (Å²) in [6.07, 6.45) is 1.30. The van der Waals surface area contributed by atoms with E-state index in [1.807, 2.05) is 13.0 Å². The van der Waals surface area contributed by atoms with Crippen LogP contribution >= 0.6 is 0 Å². The number of rotatable bonds is 3. The van der Waals surface area contributed by atoms with E-state index in [1.165, 1.54) is 0 Å². The van der Waals surface area contributed by atoms with Crippen molar-refractivity contribution in [3.8, 4) is 0 Å². The number of aryl methyl sites for hydroxylation is 1. The summed E-state index contributed by atoms with van der Waals surface area (Å²) in [6.45, 7) is 4.02. The number of aromatic nitrogens is 1. The summed E-state index contributed by atoms with van der Waals surface area (Å²) in [4.78, 5) is 11.2. The number of anilines is 1. The molecule has 2 unspecified atom stereocenters. The summed E-state index contributed by atoms with van der Waals surface area (Å²) in [5.74, 6) is 1.59. The molecule has 2 rings (SSSR count). The Bertz CT molecular complexity index is 375. The second kappa shape index (κ2) is 4.65. The van der Waals surface area contributed by atoms with E-state index >= 15 is 0 Å². The van der Waals surface area contributed by atoms with E-state index in [4.69, 9.17) is 9.26 Å². The van der Waals surface area contributed by atoms with Gasteiger partial charge in [0.25, 0.3) is 0 Å². The summed E-state index contributed by atoms with van der Waals surface area (Å²) in [5, 5.41) is 7.12. The molecular formula is C11H16N2O3. The molecule has 5 nitrogen and oxygen atoms in total. The average molecular weight is 224 g/mol. The van der Waals surface area contributed by atoms with Gasteiger partial charge in [0, 0.05) is 25.1 Å². The highest BCUT2D eigenvalue weighted by Gasteiger charge is 2.25. The van der Waals surface area contributed by atoms with E-state index in [-0.39, 0.29) is 17.9 Å². The van der Waals surface area contributed by atoms with Gasteiger partial charge in [-0.15, -0.1) is 0 Å². The molecule has 1 aliphatic rings. The molecule has 0 aliphatic carbocycles. The summed E-state index contributed by atoms with van der Waals surface area (Å²) >= 11 is 0. The van der Waals surface area contributed by atoms with Crippen LogP contribution in [0.3, 0.4) is 0 Å². The van der Waals surface area contributed by atoms with Crippen molar-refractivity contribution in [2.45, 2.75) is 38.8 Å². The molecule has 0 saturated carbocycles. The Kier molecular flexibility index (Phi) is 3.24. The highest BCUT2D eigenvalue weighted by atomic mass is 16.5. The van der Waals surface area contributed by atoms with Crippen molar-refractivity contribution in [2.24, 2.45) is 0 Å². The van der Waals surface area contributed by atoms with E-state index < -0.39 is 0 Å². The molecule has 0 aromatic carbocycles. The Hall–Kier alpha value is -1.36. The fraction of sp³-hybridized carbons (Fsp3) is 0.636. The topological polar surface area (TPSA) is 64.4 Å². The van der Waals surface area contributed by atoms with Crippen LogP contribution in [0.1, 0.15) is 25.5 Å². The normalized spacial score (nSPS) is 25.4. The van der Waals surface area contributed by atoms with E-state index in [1.54, 1.807) is 6.92 Å². The molecule has 2 atom stereocenters.